The van der Waals surface area contributed by atoms with E-state index in [1.54, 1.807) is 42.5 Å². The molecule has 5 nitrogen and oxygen atoms in total. The van der Waals surface area contributed by atoms with Gasteiger partial charge in [-0.2, -0.15) is 0 Å². The van der Waals surface area contributed by atoms with Crippen LogP contribution in [-0.2, 0) is 9.84 Å². The van der Waals surface area contributed by atoms with Gasteiger partial charge in [-0.15, -0.1) is 0 Å². The molecule has 3 rings (SSSR count). The second-order valence-electron chi connectivity index (χ2n) is 5.25. The van der Waals surface area contributed by atoms with Crippen molar-refractivity contribution in [2.24, 2.45) is 0 Å². The Bertz CT molecular complexity index is 784. The summed E-state index contributed by atoms with van der Waals surface area (Å²) >= 11 is 0. The van der Waals surface area contributed by atoms with Crippen LogP contribution in [0.1, 0.15) is 16.4 Å². The van der Waals surface area contributed by atoms with Gasteiger partial charge in [-0.3, -0.25) is 0 Å². The molecular weight excluding hydrogens is 302 g/mol. The number of hydrogen-bond donors (Lipinski definition) is 1. The van der Waals surface area contributed by atoms with Crippen molar-refractivity contribution in [1.82, 2.24) is 0 Å². The first-order valence-corrected chi connectivity index (χ1v) is 8.56. The van der Waals surface area contributed by atoms with Gasteiger partial charge in [-0.25, -0.2) is 8.42 Å². The lowest BCUT2D eigenvalue weighted by molar-refractivity contribution is -0.367. The van der Waals surface area contributed by atoms with Crippen molar-refractivity contribution in [1.29, 1.82) is 0 Å². The Morgan fingerprint density at radius 2 is 1.77 bits per heavy atom. The zero-order chi connectivity index (χ0) is 15.7. The van der Waals surface area contributed by atoms with Crippen LogP contribution in [0.25, 0.3) is 0 Å². The van der Waals surface area contributed by atoms with Crippen molar-refractivity contribution in [3.8, 4) is 11.5 Å². The highest BCUT2D eigenvalue weighted by Crippen LogP contribution is 2.37. The second kappa shape index (κ2) is 5.62. The molecule has 0 aliphatic carbocycles. The molecule has 0 radical (unpaired) electrons. The average molecular weight is 320 g/mol. The molecule has 0 amide bonds. The molecule has 3 N–H and O–H groups in total. The number of fused-ring (bicyclic) bond motifs is 1. The zero-order valence-corrected chi connectivity index (χ0v) is 13.1. The highest BCUT2D eigenvalue weighted by molar-refractivity contribution is 7.91. The van der Waals surface area contributed by atoms with Crippen molar-refractivity contribution in [2.75, 3.05) is 13.3 Å². The lowest BCUT2D eigenvalue weighted by Crippen LogP contribution is -2.54. The van der Waals surface area contributed by atoms with Gasteiger partial charge in [0.25, 0.3) is 0 Å². The molecule has 2 aromatic rings. The number of benzene rings is 2. The van der Waals surface area contributed by atoms with E-state index in [0.717, 1.165) is 5.56 Å². The van der Waals surface area contributed by atoms with E-state index < -0.39 is 15.1 Å². The van der Waals surface area contributed by atoms with Crippen LogP contribution in [0.15, 0.2) is 47.4 Å². The molecule has 0 spiro atoms. The number of rotatable bonds is 4. The van der Waals surface area contributed by atoms with Gasteiger partial charge in [-0.1, -0.05) is 23.8 Å². The van der Waals surface area contributed by atoms with Gasteiger partial charge >= 0.3 is 0 Å². The van der Waals surface area contributed by atoms with Gasteiger partial charge < -0.3 is 15.2 Å². The van der Waals surface area contributed by atoms with Gasteiger partial charge in [0, 0.05) is 0 Å². The molecule has 0 saturated heterocycles. The van der Waals surface area contributed by atoms with Crippen molar-refractivity contribution in [3.05, 3.63) is 53.6 Å². The van der Waals surface area contributed by atoms with Crippen molar-refractivity contribution >= 4 is 9.84 Å². The Kier molecular flexibility index (Phi) is 3.80. The molecule has 2 aromatic carbocycles. The Labute approximate surface area is 129 Å². The van der Waals surface area contributed by atoms with Gasteiger partial charge in [0.15, 0.2) is 21.3 Å². The van der Waals surface area contributed by atoms with Gasteiger partial charge in [0.05, 0.1) is 11.4 Å². The highest BCUT2D eigenvalue weighted by Gasteiger charge is 2.31. The Balaban J connectivity index is 2.01. The van der Waals surface area contributed by atoms with E-state index in [1.165, 1.54) is 0 Å². The van der Waals surface area contributed by atoms with E-state index in [2.05, 4.69) is 5.73 Å². The van der Waals surface area contributed by atoms with E-state index in [1.807, 2.05) is 6.92 Å². The Morgan fingerprint density at radius 1 is 1.09 bits per heavy atom. The summed E-state index contributed by atoms with van der Waals surface area (Å²) in [5.41, 5.74) is 5.50. The predicted molar refractivity (Wildman–Crippen MR) is 81.4 cm³/mol. The molecule has 116 valence electrons. The molecule has 1 aliphatic rings. The maximum Gasteiger partial charge on any atom is 0.231 e. The van der Waals surface area contributed by atoms with E-state index in [4.69, 9.17) is 9.47 Å². The summed E-state index contributed by atoms with van der Waals surface area (Å²) in [7, 11) is -3.50. The quantitative estimate of drug-likeness (QED) is 0.925. The number of sulfone groups is 1. The third kappa shape index (κ3) is 2.55. The van der Waals surface area contributed by atoms with Crippen LogP contribution in [-0.4, -0.2) is 21.8 Å². The van der Waals surface area contributed by atoms with Crippen molar-refractivity contribution in [2.45, 2.75) is 17.1 Å². The van der Waals surface area contributed by atoms with Crippen LogP contribution in [0.3, 0.4) is 0 Å². The zero-order valence-electron chi connectivity index (χ0n) is 12.3. The lowest BCUT2D eigenvalue weighted by atomic mass is 10.1. The third-order valence-corrected chi connectivity index (χ3v) is 5.94. The largest absolute Gasteiger partial charge is 0.454 e. The maximum atomic E-state index is 12.9. The molecule has 1 aliphatic heterocycles. The minimum absolute atomic E-state index is 0.165. The summed E-state index contributed by atoms with van der Waals surface area (Å²) in [6.07, 6.45) is 0. The maximum absolute atomic E-state index is 12.9. The summed E-state index contributed by atoms with van der Waals surface area (Å²) in [4.78, 5) is 0.310. The van der Waals surface area contributed by atoms with Crippen molar-refractivity contribution < 1.29 is 23.6 Å². The Morgan fingerprint density at radius 3 is 2.45 bits per heavy atom. The van der Waals surface area contributed by atoms with Gasteiger partial charge in [0.2, 0.25) is 6.79 Å². The van der Waals surface area contributed by atoms with E-state index >= 15 is 0 Å². The van der Waals surface area contributed by atoms with Crippen LogP contribution in [0.5, 0.6) is 11.5 Å². The summed E-state index contributed by atoms with van der Waals surface area (Å²) in [6, 6.07) is 12.1. The molecule has 22 heavy (non-hydrogen) atoms. The normalized spacial score (nSPS) is 14.8. The minimum atomic E-state index is -3.50. The monoisotopic (exact) mass is 320 g/mol. The van der Waals surface area contributed by atoms with Crippen molar-refractivity contribution in [3.63, 3.8) is 0 Å². The van der Waals surface area contributed by atoms with E-state index in [-0.39, 0.29) is 13.3 Å². The molecule has 1 atom stereocenters. The van der Waals surface area contributed by atoms with Gasteiger partial charge in [-0.05, 0) is 36.8 Å². The number of aryl methyl sites for hydroxylation is 1. The fraction of sp³-hybridized carbons (Fsp3) is 0.250. The first-order chi connectivity index (χ1) is 10.5. The smallest absolute Gasteiger partial charge is 0.231 e. The van der Waals surface area contributed by atoms with Crippen LogP contribution < -0.4 is 15.2 Å². The topological polar surface area (TPSA) is 80.2 Å². The first-order valence-electron chi connectivity index (χ1n) is 7.02. The van der Waals surface area contributed by atoms with E-state index in [0.29, 0.717) is 22.0 Å². The fourth-order valence-corrected chi connectivity index (χ4v) is 4.17. The summed E-state index contributed by atoms with van der Waals surface area (Å²) in [5.74, 6) is 1.22. The molecule has 0 fully saturated rings. The first kappa shape index (κ1) is 14.9. The number of hydrogen-bond acceptors (Lipinski definition) is 4. The van der Waals surface area contributed by atoms with Crippen LogP contribution in [0.2, 0.25) is 0 Å². The molecule has 0 aromatic heterocycles. The lowest BCUT2D eigenvalue weighted by Gasteiger charge is -2.15. The van der Waals surface area contributed by atoms with E-state index in [9.17, 15) is 8.42 Å². The second-order valence-corrected chi connectivity index (χ2v) is 7.38. The van der Waals surface area contributed by atoms with Gasteiger partial charge in [0.1, 0.15) is 5.25 Å². The SMILES string of the molecule is Cc1ccc(S(=O)(=O)[C@H](C[NH3+])c2ccc3c(c2)OCO3)cc1. The molecule has 0 unspecified atom stereocenters. The van der Waals surface area contributed by atoms with Crippen LogP contribution in [0, 0.1) is 6.92 Å². The third-order valence-electron chi connectivity index (χ3n) is 3.75. The van der Waals surface area contributed by atoms with Crippen LogP contribution in [0.4, 0.5) is 0 Å². The van der Waals surface area contributed by atoms with Crippen LogP contribution >= 0.6 is 0 Å². The average Bonchev–Trinajstić information content (AvgIpc) is 2.96. The Hall–Kier alpha value is -2.05. The number of ether oxygens (including phenoxy) is 2. The molecule has 0 bridgehead atoms. The predicted octanol–water partition coefficient (Wildman–Crippen LogP) is 1.48. The highest BCUT2D eigenvalue weighted by atomic mass is 32.2. The summed E-state index contributed by atoms with van der Waals surface area (Å²) in [5, 5.41) is -0.704. The molecular formula is C16H18NO4S+. The summed E-state index contributed by atoms with van der Waals surface area (Å²) < 4.78 is 36.3. The molecule has 6 heteroatoms. The fourth-order valence-electron chi connectivity index (χ4n) is 2.51. The number of quaternary nitrogens is 1. The summed E-state index contributed by atoms with van der Waals surface area (Å²) in [6.45, 7) is 2.33. The minimum Gasteiger partial charge on any atom is -0.454 e. The molecule has 1 heterocycles. The standard InChI is InChI=1S/C16H17NO4S/c1-11-2-5-13(6-3-11)22(18,19)16(9-17)12-4-7-14-15(8-12)21-10-20-14/h2-8,16H,9-10,17H2,1H3/p+1/t16-/m1/s1. The molecule has 0 saturated carbocycles.